The molecule has 0 saturated heterocycles. The Balaban J connectivity index is 2.56. The van der Waals surface area contributed by atoms with E-state index in [0.717, 1.165) is 5.69 Å². The van der Waals surface area contributed by atoms with Gasteiger partial charge in [0.2, 0.25) is 0 Å². The molecule has 0 fully saturated rings. The fraction of sp³-hybridized carbons (Fsp3) is 0.471. The van der Waals surface area contributed by atoms with E-state index < -0.39 is 0 Å². The molecule has 1 aromatic carbocycles. The van der Waals surface area contributed by atoms with Crippen molar-refractivity contribution in [1.82, 2.24) is 0 Å². The number of aliphatic imine (C=N–C) groups is 1. The number of nitrogens with one attached hydrogen (secondary N) is 1. The number of benzene rings is 1. The molecule has 0 amide bonds. The van der Waals surface area contributed by atoms with Gasteiger partial charge in [0.15, 0.2) is 0 Å². The molecule has 0 aromatic heterocycles. The fourth-order valence-corrected chi connectivity index (χ4v) is 2.30. The van der Waals surface area contributed by atoms with E-state index in [1.54, 1.807) is 6.21 Å². The average Bonchev–Trinajstić information content (AvgIpc) is 2.46. The Morgan fingerprint density at radius 2 is 2.00 bits per heavy atom. The van der Waals surface area contributed by atoms with Crippen molar-refractivity contribution in [3.05, 3.63) is 41.7 Å². The summed E-state index contributed by atoms with van der Waals surface area (Å²) in [6.45, 7) is 7.05. The van der Waals surface area contributed by atoms with Crippen LogP contribution < -0.4 is 11.1 Å². The van der Waals surface area contributed by atoms with Crippen LogP contribution >= 0.6 is 0 Å². The number of anilines is 1. The highest BCUT2D eigenvalue weighted by Crippen LogP contribution is 2.25. The molecule has 0 spiro atoms. The SMILES string of the molecule is C/C=N\C(N)=C/CNc1ccc(C(CC)CCC)cc1. The van der Waals surface area contributed by atoms with Crippen molar-refractivity contribution in [2.24, 2.45) is 10.7 Å². The van der Waals surface area contributed by atoms with Crippen LogP contribution in [-0.4, -0.2) is 12.8 Å². The normalized spacial score (nSPS) is 13.7. The zero-order valence-electron chi connectivity index (χ0n) is 12.9. The summed E-state index contributed by atoms with van der Waals surface area (Å²) in [6, 6.07) is 8.73. The Labute approximate surface area is 123 Å². The third-order valence-electron chi connectivity index (χ3n) is 3.41. The van der Waals surface area contributed by atoms with E-state index >= 15 is 0 Å². The summed E-state index contributed by atoms with van der Waals surface area (Å²) in [5.74, 6) is 1.23. The second kappa shape index (κ2) is 9.18. The summed E-state index contributed by atoms with van der Waals surface area (Å²) >= 11 is 0. The van der Waals surface area contributed by atoms with Gasteiger partial charge in [0.25, 0.3) is 0 Å². The molecule has 3 nitrogen and oxygen atoms in total. The minimum Gasteiger partial charge on any atom is -0.384 e. The fourth-order valence-electron chi connectivity index (χ4n) is 2.30. The molecule has 3 heteroatoms. The molecule has 0 bridgehead atoms. The molecular weight excluding hydrogens is 246 g/mol. The third kappa shape index (κ3) is 5.47. The largest absolute Gasteiger partial charge is 0.384 e. The van der Waals surface area contributed by atoms with Gasteiger partial charge in [-0.3, -0.25) is 0 Å². The van der Waals surface area contributed by atoms with Crippen LogP contribution in [0, 0.1) is 0 Å². The first-order valence-corrected chi connectivity index (χ1v) is 7.49. The van der Waals surface area contributed by atoms with Crippen LogP contribution in [0.4, 0.5) is 5.69 Å². The predicted octanol–water partition coefficient (Wildman–Crippen LogP) is 4.28. The van der Waals surface area contributed by atoms with E-state index in [-0.39, 0.29) is 0 Å². The standard InChI is InChI=1S/C17H27N3/c1-4-7-14(5-2)15-8-10-16(11-9-15)20-13-12-17(18)19-6-3/h6,8-12,14,20H,4-5,7,13,18H2,1-3H3/b17-12-,19-6-. The molecule has 0 saturated carbocycles. The number of hydrogen-bond donors (Lipinski definition) is 2. The summed E-state index contributed by atoms with van der Waals surface area (Å²) < 4.78 is 0. The maximum atomic E-state index is 5.69. The van der Waals surface area contributed by atoms with Gasteiger partial charge in [0.05, 0.1) is 0 Å². The van der Waals surface area contributed by atoms with Gasteiger partial charge >= 0.3 is 0 Å². The van der Waals surface area contributed by atoms with Gasteiger partial charge in [-0.05, 0) is 49.5 Å². The first-order chi connectivity index (χ1) is 9.71. The van der Waals surface area contributed by atoms with E-state index in [9.17, 15) is 0 Å². The van der Waals surface area contributed by atoms with Crippen molar-refractivity contribution >= 4 is 11.9 Å². The minimum atomic E-state index is 0.547. The molecule has 20 heavy (non-hydrogen) atoms. The summed E-state index contributed by atoms with van der Waals surface area (Å²) in [5, 5.41) is 3.32. The zero-order valence-corrected chi connectivity index (χ0v) is 12.9. The lowest BCUT2D eigenvalue weighted by atomic mass is 9.92. The van der Waals surface area contributed by atoms with Crippen molar-refractivity contribution in [2.75, 3.05) is 11.9 Å². The maximum Gasteiger partial charge on any atom is 0.120 e. The number of hydrogen-bond acceptors (Lipinski definition) is 3. The average molecular weight is 273 g/mol. The Morgan fingerprint density at radius 3 is 2.55 bits per heavy atom. The summed E-state index contributed by atoms with van der Waals surface area (Å²) in [6.07, 6.45) is 7.27. The van der Waals surface area contributed by atoms with Gasteiger partial charge in [-0.2, -0.15) is 0 Å². The molecule has 0 radical (unpaired) electrons. The molecule has 0 aliphatic heterocycles. The van der Waals surface area contributed by atoms with Crippen LogP contribution in [0.2, 0.25) is 0 Å². The van der Waals surface area contributed by atoms with Gasteiger partial charge in [-0.15, -0.1) is 0 Å². The van der Waals surface area contributed by atoms with Gasteiger partial charge in [0.1, 0.15) is 5.82 Å². The summed E-state index contributed by atoms with van der Waals surface area (Å²) in [7, 11) is 0. The third-order valence-corrected chi connectivity index (χ3v) is 3.41. The molecule has 0 aliphatic carbocycles. The Hall–Kier alpha value is -1.77. The van der Waals surface area contributed by atoms with Crippen LogP contribution in [0.3, 0.4) is 0 Å². The van der Waals surface area contributed by atoms with Gasteiger partial charge in [-0.1, -0.05) is 32.4 Å². The monoisotopic (exact) mass is 273 g/mol. The van der Waals surface area contributed by atoms with Gasteiger partial charge < -0.3 is 11.1 Å². The Kier molecular flexibility index (Phi) is 7.48. The van der Waals surface area contributed by atoms with E-state index in [0.29, 0.717) is 18.3 Å². The van der Waals surface area contributed by atoms with Crippen LogP contribution in [0.1, 0.15) is 51.5 Å². The first-order valence-electron chi connectivity index (χ1n) is 7.49. The molecule has 1 atom stereocenters. The zero-order chi connectivity index (χ0) is 14.8. The highest BCUT2D eigenvalue weighted by molar-refractivity contribution is 5.55. The second-order valence-corrected chi connectivity index (χ2v) is 4.91. The molecule has 1 aromatic rings. The van der Waals surface area contributed by atoms with E-state index in [4.69, 9.17) is 5.73 Å². The van der Waals surface area contributed by atoms with Crippen LogP contribution in [-0.2, 0) is 0 Å². The number of nitrogens with two attached hydrogens (primary N) is 1. The molecular formula is C17H27N3. The molecule has 0 aliphatic rings. The van der Waals surface area contributed by atoms with Crippen molar-refractivity contribution in [3.8, 4) is 0 Å². The second-order valence-electron chi connectivity index (χ2n) is 4.91. The molecule has 1 rings (SSSR count). The Morgan fingerprint density at radius 1 is 1.30 bits per heavy atom. The smallest absolute Gasteiger partial charge is 0.120 e. The molecule has 110 valence electrons. The highest BCUT2D eigenvalue weighted by Gasteiger charge is 2.07. The number of rotatable bonds is 8. The number of nitrogens with zero attached hydrogens (tertiary/aromatic N) is 1. The van der Waals surface area contributed by atoms with E-state index in [2.05, 4.69) is 48.4 Å². The van der Waals surface area contributed by atoms with Gasteiger partial charge in [-0.25, -0.2) is 4.99 Å². The first kappa shape index (κ1) is 16.3. The van der Waals surface area contributed by atoms with Crippen LogP contribution in [0.15, 0.2) is 41.2 Å². The van der Waals surface area contributed by atoms with Crippen LogP contribution in [0.25, 0.3) is 0 Å². The lowest BCUT2D eigenvalue weighted by Gasteiger charge is -2.15. The lowest BCUT2D eigenvalue weighted by molar-refractivity contribution is 0.596. The topological polar surface area (TPSA) is 50.4 Å². The molecule has 1 unspecified atom stereocenters. The van der Waals surface area contributed by atoms with Crippen LogP contribution in [0.5, 0.6) is 0 Å². The van der Waals surface area contributed by atoms with E-state index in [1.165, 1.54) is 24.8 Å². The predicted molar refractivity (Wildman–Crippen MR) is 89.3 cm³/mol. The molecule has 0 heterocycles. The highest BCUT2D eigenvalue weighted by atomic mass is 14.9. The Bertz CT molecular complexity index is 432. The lowest BCUT2D eigenvalue weighted by Crippen LogP contribution is -2.03. The van der Waals surface area contributed by atoms with E-state index in [1.807, 2.05) is 13.0 Å². The van der Waals surface area contributed by atoms with Crippen molar-refractivity contribution < 1.29 is 0 Å². The van der Waals surface area contributed by atoms with Gasteiger partial charge in [0, 0.05) is 18.4 Å². The van der Waals surface area contributed by atoms with Crippen molar-refractivity contribution in [1.29, 1.82) is 0 Å². The minimum absolute atomic E-state index is 0.547. The van der Waals surface area contributed by atoms with Crippen molar-refractivity contribution in [2.45, 2.75) is 46.0 Å². The quantitative estimate of drug-likeness (QED) is 0.694. The maximum absolute atomic E-state index is 5.69. The van der Waals surface area contributed by atoms with Crippen molar-refractivity contribution in [3.63, 3.8) is 0 Å². The summed E-state index contributed by atoms with van der Waals surface area (Å²) in [5.41, 5.74) is 8.24. The summed E-state index contributed by atoms with van der Waals surface area (Å²) in [4.78, 5) is 4.00. The molecule has 3 N–H and O–H groups in total.